The molecule has 0 spiro atoms. The number of hydrogen-bond acceptors (Lipinski definition) is 9. The monoisotopic (exact) mass is 369 g/mol. The van der Waals surface area contributed by atoms with E-state index in [9.17, 15) is 14.4 Å². The average molecular weight is 369 g/mol. The Bertz CT molecular complexity index is 875. The number of benzene rings is 1. The molecule has 0 radical (unpaired) electrons. The van der Waals surface area contributed by atoms with Gasteiger partial charge < -0.3 is 14.2 Å². The largest absolute Gasteiger partial charge is 0.444 e. The molecule has 0 aromatic heterocycles. The van der Waals surface area contributed by atoms with Gasteiger partial charge in [0.15, 0.2) is 18.3 Å². The molecule has 1 aromatic rings. The number of carbonyl (C=O) groups excluding carboxylic acids is 3. The Hall–Kier alpha value is -3.90. The number of nitrogens with zero attached hydrogens (tertiary/aromatic N) is 3. The van der Waals surface area contributed by atoms with Gasteiger partial charge in [-0.25, -0.2) is 14.4 Å². The second-order valence-electron chi connectivity index (χ2n) is 5.29. The summed E-state index contributed by atoms with van der Waals surface area (Å²) < 4.78 is 14.6. The fraction of sp³-hybridized carbons (Fsp3) is 0.333. The zero-order valence-electron chi connectivity index (χ0n) is 14.8. The van der Waals surface area contributed by atoms with Crippen molar-refractivity contribution in [1.29, 1.82) is 15.8 Å². The third-order valence-electron chi connectivity index (χ3n) is 3.09. The van der Waals surface area contributed by atoms with E-state index in [1.54, 1.807) is 18.2 Å². The standard InChI is InChI=1S/C18H15N3O6/c1-10(7-19)25-16(22)13-4-5-14(17(23)26-11(2)8-20)15(6-13)18(24)27-12(3)9-21/h4-6,10-12H,1-3H3. The van der Waals surface area contributed by atoms with Gasteiger partial charge in [0.25, 0.3) is 0 Å². The van der Waals surface area contributed by atoms with Gasteiger partial charge in [-0.05, 0) is 39.0 Å². The minimum Gasteiger partial charge on any atom is -0.444 e. The molecule has 1 rings (SSSR count). The summed E-state index contributed by atoms with van der Waals surface area (Å²) in [6.45, 7) is 4.01. The third-order valence-corrected chi connectivity index (χ3v) is 3.09. The van der Waals surface area contributed by atoms with Gasteiger partial charge in [0, 0.05) is 0 Å². The van der Waals surface area contributed by atoms with Crippen LogP contribution in [0.15, 0.2) is 18.2 Å². The molecule has 0 aliphatic heterocycles. The van der Waals surface area contributed by atoms with Crippen LogP contribution in [0.5, 0.6) is 0 Å². The quantitative estimate of drug-likeness (QED) is 0.540. The smallest absolute Gasteiger partial charge is 0.340 e. The van der Waals surface area contributed by atoms with Gasteiger partial charge >= 0.3 is 17.9 Å². The molecule has 0 N–H and O–H groups in total. The van der Waals surface area contributed by atoms with Crippen LogP contribution in [0.1, 0.15) is 51.8 Å². The van der Waals surface area contributed by atoms with Crippen LogP contribution in [0.4, 0.5) is 0 Å². The van der Waals surface area contributed by atoms with Crippen molar-refractivity contribution in [1.82, 2.24) is 0 Å². The molecule has 0 bridgehead atoms. The molecule has 9 heteroatoms. The van der Waals surface area contributed by atoms with E-state index < -0.39 is 36.2 Å². The van der Waals surface area contributed by atoms with Crippen LogP contribution < -0.4 is 0 Å². The van der Waals surface area contributed by atoms with Crippen LogP contribution in [0.3, 0.4) is 0 Å². The van der Waals surface area contributed by atoms with Crippen molar-refractivity contribution in [3.05, 3.63) is 34.9 Å². The SMILES string of the molecule is CC(C#N)OC(=O)c1ccc(C(=O)OC(C)C#N)c(C(=O)OC(C)C#N)c1. The number of rotatable bonds is 6. The molecule has 1 aromatic carbocycles. The maximum atomic E-state index is 12.3. The molecule has 0 aliphatic rings. The predicted octanol–water partition coefficient (Wildman–Crippen LogP) is 1.89. The Morgan fingerprint density at radius 2 is 1.15 bits per heavy atom. The van der Waals surface area contributed by atoms with Gasteiger partial charge in [-0.1, -0.05) is 0 Å². The predicted molar refractivity (Wildman–Crippen MR) is 87.9 cm³/mol. The van der Waals surface area contributed by atoms with Crippen molar-refractivity contribution in [3.63, 3.8) is 0 Å². The Labute approximate surface area is 155 Å². The van der Waals surface area contributed by atoms with Crippen LogP contribution in [-0.2, 0) is 14.2 Å². The van der Waals surface area contributed by atoms with Crippen LogP contribution in [-0.4, -0.2) is 36.2 Å². The van der Waals surface area contributed by atoms with Crippen molar-refractivity contribution in [2.75, 3.05) is 0 Å². The van der Waals surface area contributed by atoms with E-state index in [0.717, 1.165) is 12.1 Å². The molecule has 3 unspecified atom stereocenters. The second-order valence-corrected chi connectivity index (χ2v) is 5.29. The first kappa shape index (κ1) is 21.1. The number of hydrogen-bond donors (Lipinski definition) is 0. The lowest BCUT2D eigenvalue weighted by atomic mass is 10.0. The first-order chi connectivity index (χ1) is 12.7. The highest BCUT2D eigenvalue weighted by atomic mass is 16.6. The van der Waals surface area contributed by atoms with Crippen LogP contribution >= 0.6 is 0 Å². The second kappa shape index (κ2) is 9.55. The van der Waals surface area contributed by atoms with E-state index in [2.05, 4.69) is 0 Å². The van der Waals surface area contributed by atoms with Gasteiger partial charge in [-0.15, -0.1) is 0 Å². The Morgan fingerprint density at radius 3 is 1.59 bits per heavy atom. The Morgan fingerprint density at radius 1 is 0.741 bits per heavy atom. The van der Waals surface area contributed by atoms with E-state index in [0.29, 0.717) is 0 Å². The summed E-state index contributed by atoms with van der Waals surface area (Å²) in [6, 6.07) is 8.49. The van der Waals surface area contributed by atoms with E-state index in [1.165, 1.54) is 26.8 Å². The first-order valence-electron chi connectivity index (χ1n) is 7.69. The van der Waals surface area contributed by atoms with Gasteiger partial charge in [0.05, 0.1) is 16.7 Å². The zero-order chi connectivity index (χ0) is 20.6. The normalized spacial score (nSPS) is 12.9. The molecular weight excluding hydrogens is 354 g/mol. The summed E-state index contributed by atoms with van der Waals surface area (Å²) in [5.74, 6) is -2.91. The number of ether oxygens (including phenoxy) is 3. The minimum absolute atomic E-state index is 0.112. The molecule has 3 atom stereocenters. The first-order valence-corrected chi connectivity index (χ1v) is 7.69. The van der Waals surface area contributed by atoms with Gasteiger partial charge in [-0.2, -0.15) is 15.8 Å². The van der Waals surface area contributed by atoms with Crippen LogP contribution in [0, 0.1) is 34.0 Å². The van der Waals surface area contributed by atoms with Gasteiger partial charge in [0.1, 0.15) is 18.2 Å². The summed E-state index contributed by atoms with van der Waals surface area (Å²) in [7, 11) is 0. The Kier molecular flexibility index (Phi) is 7.48. The molecule has 138 valence electrons. The lowest BCUT2D eigenvalue weighted by Gasteiger charge is -2.13. The summed E-state index contributed by atoms with van der Waals surface area (Å²) in [4.78, 5) is 36.5. The maximum Gasteiger partial charge on any atom is 0.340 e. The maximum absolute atomic E-state index is 12.3. The number of esters is 3. The number of carbonyl (C=O) groups is 3. The lowest BCUT2D eigenvalue weighted by molar-refractivity contribution is 0.0384. The summed E-state index contributed by atoms with van der Waals surface area (Å²) in [5, 5.41) is 26.2. The zero-order valence-corrected chi connectivity index (χ0v) is 14.8. The highest BCUT2D eigenvalue weighted by molar-refractivity contribution is 6.05. The minimum atomic E-state index is -1.10. The van der Waals surface area contributed by atoms with Crippen LogP contribution in [0.25, 0.3) is 0 Å². The molecule has 0 heterocycles. The highest BCUT2D eigenvalue weighted by Crippen LogP contribution is 2.18. The van der Waals surface area contributed by atoms with E-state index in [1.807, 2.05) is 0 Å². The summed E-state index contributed by atoms with van der Waals surface area (Å²) >= 11 is 0. The van der Waals surface area contributed by atoms with Crippen molar-refractivity contribution >= 4 is 17.9 Å². The van der Waals surface area contributed by atoms with Gasteiger partial charge in [-0.3, -0.25) is 0 Å². The molecule has 0 saturated carbocycles. The number of nitriles is 3. The van der Waals surface area contributed by atoms with Crippen molar-refractivity contribution in [3.8, 4) is 18.2 Å². The van der Waals surface area contributed by atoms with Crippen molar-refractivity contribution in [2.45, 2.75) is 39.1 Å². The van der Waals surface area contributed by atoms with E-state index in [-0.39, 0.29) is 16.7 Å². The molecule has 9 nitrogen and oxygen atoms in total. The van der Waals surface area contributed by atoms with E-state index in [4.69, 9.17) is 30.0 Å². The third kappa shape index (κ3) is 5.84. The summed E-state index contributed by atoms with van der Waals surface area (Å²) in [5.41, 5.74) is -0.707. The molecule has 0 aliphatic carbocycles. The molecule has 0 amide bonds. The molecule has 0 saturated heterocycles. The fourth-order valence-electron chi connectivity index (χ4n) is 1.77. The topological polar surface area (TPSA) is 150 Å². The molecule has 27 heavy (non-hydrogen) atoms. The Balaban J connectivity index is 3.31. The van der Waals surface area contributed by atoms with E-state index >= 15 is 0 Å². The molecule has 0 fully saturated rings. The van der Waals surface area contributed by atoms with Gasteiger partial charge in [0.2, 0.25) is 0 Å². The fourth-order valence-corrected chi connectivity index (χ4v) is 1.77. The van der Waals surface area contributed by atoms with Crippen molar-refractivity contribution in [2.24, 2.45) is 0 Å². The van der Waals surface area contributed by atoms with Crippen LogP contribution in [0.2, 0.25) is 0 Å². The highest BCUT2D eigenvalue weighted by Gasteiger charge is 2.25. The lowest BCUT2D eigenvalue weighted by Crippen LogP contribution is -2.21. The average Bonchev–Trinajstić information content (AvgIpc) is 2.66. The summed E-state index contributed by atoms with van der Waals surface area (Å²) in [6.07, 6.45) is -3.19. The van der Waals surface area contributed by atoms with Crippen molar-refractivity contribution < 1.29 is 28.6 Å². The molecular formula is C18H15N3O6.